The van der Waals surface area contributed by atoms with E-state index in [1.807, 2.05) is 0 Å². The van der Waals surface area contributed by atoms with Crippen molar-refractivity contribution in [3.63, 3.8) is 0 Å². The quantitative estimate of drug-likeness (QED) is 0.165. The summed E-state index contributed by atoms with van der Waals surface area (Å²) in [7, 11) is -4.53. The molecule has 0 saturated heterocycles. The van der Waals surface area contributed by atoms with Gasteiger partial charge in [-0.05, 0) is 19.3 Å². The van der Waals surface area contributed by atoms with Gasteiger partial charge in [-0.15, -0.1) is 0 Å². The molecule has 7 heteroatoms. The van der Waals surface area contributed by atoms with Gasteiger partial charge in [0.15, 0.2) is 0 Å². The summed E-state index contributed by atoms with van der Waals surface area (Å²) in [4.78, 5) is 0. The van der Waals surface area contributed by atoms with Crippen LogP contribution in [0.15, 0.2) is 0 Å². The normalized spacial score (nSPS) is 11.4. The minimum Gasteiger partial charge on any atom is -0.726 e. The molecule has 0 unspecified atom stereocenters. The predicted molar refractivity (Wildman–Crippen MR) is 87.5 cm³/mol. The van der Waals surface area contributed by atoms with E-state index < -0.39 is 10.4 Å². The number of ether oxygens (including phenoxy) is 1. The van der Waals surface area contributed by atoms with Crippen LogP contribution in [0.4, 0.5) is 0 Å². The molecule has 0 fully saturated rings. The van der Waals surface area contributed by atoms with E-state index in [2.05, 4.69) is 11.1 Å². The smallest absolute Gasteiger partial charge is 0.726 e. The molecule has 0 atom stereocenters. The summed E-state index contributed by atoms with van der Waals surface area (Å²) in [6.07, 6.45) is 14.3. The largest absolute Gasteiger partial charge is 1.00 e. The predicted octanol–water partition coefficient (Wildman–Crippen LogP) is 1.18. The zero-order valence-corrected chi connectivity index (χ0v) is 19.0. The van der Waals surface area contributed by atoms with E-state index in [4.69, 9.17) is 4.74 Å². The monoisotopic (exact) mass is 376 g/mol. The van der Waals surface area contributed by atoms with Gasteiger partial charge in [-0.1, -0.05) is 64.7 Å². The van der Waals surface area contributed by atoms with Crippen LogP contribution in [0.5, 0.6) is 0 Å². The summed E-state index contributed by atoms with van der Waals surface area (Å²) in [6.45, 7) is 3.55. The topological polar surface area (TPSA) is 75.7 Å². The zero-order valence-electron chi connectivity index (χ0n) is 15.1. The van der Waals surface area contributed by atoms with E-state index in [1.54, 1.807) is 0 Å². The minimum absolute atomic E-state index is 0. The summed E-state index contributed by atoms with van der Waals surface area (Å²) in [5, 5.41) is 0. The Labute approximate surface area is 185 Å². The van der Waals surface area contributed by atoms with Gasteiger partial charge in [-0.3, -0.25) is 4.18 Å². The van der Waals surface area contributed by atoms with Crippen molar-refractivity contribution in [3.05, 3.63) is 0 Å². The molecule has 0 heterocycles. The van der Waals surface area contributed by atoms with Crippen LogP contribution in [0.25, 0.3) is 0 Å². The first-order valence-corrected chi connectivity index (χ1v) is 10.1. The molecule has 0 aliphatic rings. The molecule has 0 aromatic heterocycles. The summed E-state index contributed by atoms with van der Waals surface area (Å²) < 4.78 is 40.1. The van der Waals surface area contributed by atoms with Crippen LogP contribution in [-0.2, 0) is 19.3 Å². The molecular weight excluding hydrogens is 343 g/mol. The Morgan fingerprint density at radius 1 is 0.696 bits per heavy atom. The first kappa shape index (κ1) is 26.7. The molecule has 0 radical (unpaired) electrons. The maximum Gasteiger partial charge on any atom is 1.00 e. The summed E-state index contributed by atoms with van der Waals surface area (Å²) >= 11 is 0. The van der Waals surface area contributed by atoms with Crippen molar-refractivity contribution >= 4 is 10.4 Å². The Bertz CT molecular complexity index is 322. The van der Waals surface area contributed by atoms with Gasteiger partial charge < -0.3 is 9.29 Å². The number of rotatable bonds is 17. The van der Waals surface area contributed by atoms with Gasteiger partial charge in [0.05, 0.1) is 6.61 Å². The minimum atomic E-state index is -4.53. The average molecular weight is 377 g/mol. The fourth-order valence-electron chi connectivity index (χ4n) is 2.26. The average Bonchev–Trinajstić information content (AvgIpc) is 2.45. The summed E-state index contributed by atoms with van der Waals surface area (Å²) in [5.41, 5.74) is 0. The first-order valence-electron chi connectivity index (χ1n) is 8.74. The Hall–Kier alpha value is 1.47. The molecule has 0 bridgehead atoms. The molecule has 0 spiro atoms. The standard InChI is InChI=1S/C16H34O5S.K/c1-2-3-4-5-6-7-8-9-10-11-14-20-15-12-13-16-21-22(17,18)19;/h2-16H2,1H3,(H,17,18,19);/q;+1/p-1. The van der Waals surface area contributed by atoms with Gasteiger partial charge >= 0.3 is 51.4 Å². The second-order valence-electron chi connectivity index (χ2n) is 5.73. The maximum atomic E-state index is 10.2. The third-order valence-electron chi connectivity index (χ3n) is 3.55. The van der Waals surface area contributed by atoms with Crippen molar-refractivity contribution in [2.24, 2.45) is 0 Å². The second kappa shape index (κ2) is 19.8. The number of hydrogen-bond acceptors (Lipinski definition) is 5. The van der Waals surface area contributed by atoms with Crippen LogP contribution in [0.2, 0.25) is 0 Å². The van der Waals surface area contributed by atoms with Crippen LogP contribution < -0.4 is 51.4 Å². The van der Waals surface area contributed by atoms with Gasteiger partial charge in [0.1, 0.15) is 0 Å². The van der Waals surface area contributed by atoms with Crippen LogP contribution in [0, 0.1) is 0 Å². The molecule has 134 valence electrons. The van der Waals surface area contributed by atoms with Crippen LogP contribution in [-0.4, -0.2) is 32.8 Å². The van der Waals surface area contributed by atoms with Gasteiger partial charge in [-0.2, -0.15) is 0 Å². The molecule has 0 aliphatic heterocycles. The van der Waals surface area contributed by atoms with Crippen LogP contribution in [0.3, 0.4) is 0 Å². The van der Waals surface area contributed by atoms with Crippen molar-refractivity contribution < 1.29 is 73.3 Å². The molecule has 23 heavy (non-hydrogen) atoms. The van der Waals surface area contributed by atoms with Gasteiger partial charge in [0, 0.05) is 13.2 Å². The van der Waals surface area contributed by atoms with Crippen molar-refractivity contribution in [3.8, 4) is 0 Å². The van der Waals surface area contributed by atoms with E-state index in [0.29, 0.717) is 19.4 Å². The molecule has 5 nitrogen and oxygen atoms in total. The second-order valence-corrected chi connectivity index (χ2v) is 6.78. The van der Waals surface area contributed by atoms with E-state index in [1.165, 1.54) is 57.8 Å². The van der Waals surface area contributed by atoms with E-state index in [9.17, 15) is 13.0 Å². The number of unbranched alkanes of at least 4 members (excludes halogenated alkanes) is 10. The number of hydrogen-bond donors (Lipinski definition) is 0. The van der Waals surface area contributed by atoms with E-state index in [-0.39, 0.29) is 58.0 Å². The van der Waals surface area contributed by atoms with Crippen LogP contribution >= 0.6 is 0 Å². The van der Waals surface area contributed by atoms with Crippen molar-refractivity contribution in [1.82, 2.24) is 0 Å². The third kappa shape index (κ3) is 25.8. The zero-order chi connectivity index (χ0) is 16.5. The van der Waals surface area contributed by atoms with Gasteiger partial charge in [0.2, 0.25) is 10.4 Å². The molecule has 0 amide bonds. The van der Waals surface area contributed by atoms with E-state index >= 15 is 0 Å². The fourth-order valence-corrected chi connectivity index (χ4v) is 2.58. The van der Waals surface area contributed by atoms with Gasteiger partial charge in [-0.25, -0.2) is 8.42 Å². The van der Waals surface area contributed by atoms with Crippen LogP contribution in [0.1, 0.15) is 84.0 Å². The van der Waals surface area contributed by atoms with Gasteiger partial charge in [0.25, 0.3) is 0 Å². The Morgan fingerprint density at radius 2 is 1.09 bits per heavy atom. The first-order chi connectivity index (χ1) is 10.6. The third-order valence-corrected chi connectivity index (χ3v) is 4.01. The molecule has 0 aliphatic carbocycles. The van der Waals surface area contributed by atoms with Crippen molar-refractivity contribution in [1.29, 1.82) is 0 Å². The SMILES string of the molecule is CCCCCCCCCCCCOCCCCOS(=O)(=O)[O-].[K+]. The Morgan fingerprint density at radius 3 is 1.57 bits per heavy atom. The molecular formula is C16H33KO5S. The maximum absolute atomic E-state index is 10.2. The van der Waals surface area contributed by atoms with Crippen molar-refractivity contribution in [2.45, 2.75) is 84.0 Å². The summed E-state index contributed by atoms with van der Waals surface area (Å²) in [6, 6.07) is 0. The molecule has 0 rings (SSSR count). The molecule has 0 aromatic rings. The van der Waals surface area contributed by atoms with E-state index in [0.717, 1.165) is 13.0 Å². The Kier molecular flexibility index (Phi) is 23.0. The fraction of sp³-hybridized carbons (Fsp3) is 1.00. The molecule has 0 aromatic carbocycles. The Balaban J connectivity index is 0. The molecule has 0 N–H and O–H groups in total. The summed E-state index contributed by atoms with van der Waals surface area (Å²) in [5.74, 6) is 0. The van der Waals surface area contributed by atoms with Crippen molar-refractivity contribution in [2.75, 3.05) is 19.8 Å². The molecule has 0 saturated carbocycles.